The smallest absolute Gasteiger partial charge is 0.0361 e. The molecule has 2 atom stereocenters. The molecule has 1 aromatic carbocycles. The monoisotopic (exact) mass is 266 g/mol. The number of hydrogen-bond donors (Lipinski definition) is 1. The molecule has 3 heteroatoms. The zero-order chi connectivity index (χ0) is 13.5. The van der Waals surface area contributed by atoms with Crippen LogP contribution in [-0.4, -0.2) is 32.1 Å². The Balaban J connectivity index is 2.63. The van der Waals surface area contributed by atoms with Crippen molar-refractivity contribution in [1.82, 2.24) is 5.32 Å². The van der Waals surface area contributed by atoms with Gasteiger partial charge in [0.15, 0.2) is 0 Å². The minimum Gasteiger partial charge on any atom is -0.378 e. The molecule has 0 saturated carbocycles. The van der Waals surface area contributed by atoms with Gasteiger partial charge in [0, 0.05) is 37.6 Å². The number of anilines is 1. The van der Waals surface area contributed by atoms with Crippen LogP contribution in [0.25, 0.3) is 0 Å². The second-order valence-electron chi connectivity index (χ2n) is 4.93. The lowest BCUT2D eigenvalue weighted by atomic mass is 10.1. The van der Waals surface area contributed by atoms with E-state index in [2.05, 4.69) is 68.7 Å². The highest BCUT2D eigenvalue weighted by atomic mass is 32.2. The van der Waals surface area contributed by atoms with Crippen LogP contribution in [0.1, 0.15) is 31.9 Å². The van der Waals surface area contributed by atoms with E-state index in [1.807, 2.05) is 11.8 Å². The van der Waals surface area contributed by atoms with E-state index in [4.69, 9.17) is 0 Å². The van der Waals surface area contributed by atoms with Crippen molar-refractivity contribution in [3.05, 3.63) is 29.8 Å². The van der Waals surface area contributed by atoms with Crippen molar-refractivity contribution in [2.45, 2.75) is 32.4 Å². The number of nitrogens with one attached hydrogen (secondary N) is 1. The van der Waals surface area contributed by atoms with E-state index in [1.165, 1.54) is 23.4 Å². The number of thioether (sulfide) groups is 1. The fraction of sp³-hybridized carbons (Fsp3) is 0.600. The summed E-state index contributed by atoms with van der Waals surface area (Å²) in [6.07, 6.45) is 3.35. The molecule has 0 heterocycles. The van der Waals surface area contributed by atoms with E-state index in [0.717, 1.165) is 0 Å². The average molecular weight is 266 g/mol. The summed E-state index contributed by atoms with van der Waals surface area (Å²) in [5.41, 5.74) is 2.61. The molecule has 18 heavy (non-hydrogen) atoms. The Morgan fingerprint density at radius 1 is 1.22 bits per heavy atom. The summed E-state index contributed by atoms with van der Waals surface area (Å²) in [4.78, 5) is 2.13. The van der Waals surface area contributed by atoms with Crippen LogP contribution >= 0.6 is 11.8 Å². The first-order chi connectivity index (χ1) is 8.58. The molecule has 0 fully saturated rings. The van der Waals surface area contributed by atoms with Gasteiger partial charge in [-0.2, -0.15) is 11.8 Å². The highest BCUT2D eigenvalue weighted by molar-refractivity contribution is 7.98. The highest BCUT2D eigenvalue weighted by Gasteiger charge is 2.11. The number of rotatable bonds is 7. The van der Waals surface area contributed by atoms with E-state index in [0.29, 0.717) is 12.1 Å². The number of benzene rings is 1. The van der Waals surface area contributed by atoms with Gasteiger partial charge < -0.3 is 10.2 Å². The third-order valence-electron chi connectivity index (χ3n) is 3.26. The lowest BCUT2D eigenvalue weighted by Crippen LogP contribution is -2.32. The van der Waals surface area contributed by atoms with Crippen LogP contribution in [0.2, 0.25) is 0 Å². The molecular weight excluding hydrogens is 240 g/mol. The van der Waals surface area contributed by atoms with Crippen molar-refractivity contribution < 1.29 is 0 Å². The molecule has 0 saturated heterocycles. The Morgan fingerprint density at radius 2 is 1.83 bits per heavy atom. The molecule has 0 spiro atoms. The maximum atomic E-state index is 3.70. The summed E-state index contributed by atoms with van der Waals surface area (Å²) in [6.45, 7) is 4.49. The van der Waals surface area contributed by atoms with Crippen molar-refractivity contribution in [2.24, 2.45) is 0 Å². The van der Waals surface area contributed by atoms with Crippen molar-refractivity contribution in [3.8, 4) is 0 Å². The van der Waals surface area contributed by atoms with Crippen LogP contribution < -0.4 is 10.2 Å². The van der Waals surface area contributed by atoms with Gasteiger partial charge in [-0.15, -0.1) is 0 Å². The Labute approximate surface area is 116 Å². The average Bonchev–Trinajstić information content (AvgIpc) is 2.38. The predicted molar refractivity (Wildman–Crippen MR) is 84.8 cm³/mol. The Morgan fingerprint density at radius 3 is 2.28 bits per heavy atom. The van der Waals surface area contributed by atoms with Crippen molar-refractivity contribution in [2.75, 3.05) is 31.0 Å². The first-order valence-corrected chi connectivity index (χ1v) is 8.00. The Hall–Kier alpha value is -0.670. The normalized spacial score (nSPS) is 14.3. The molecule has 0 bridgehead atoms. The van der Waals surface area contributed by atoms with Crippen molar-refractivity contribution in [1.29, 1.82) is 0 Å². The molecule has 1 rings (SSSR count). The first kappa shape index (κ1) is 15.4. The number of nitrogens with zero attached hydrogens (tertiary/aromatic N) is 1. The molecule has 2 unspecified atom stereocenters. The summed E-state index contributed by atoms with van der Waals surface area (Å²) in [6, 6.07) is 9.82. The number of hydrogen-bond acceptors (Lipinski definition) is 3. The van der Waals surface area contributed by atoms with Crippen molar-refractivity contribution in [3.63, 3.8) is 0 Å². The van der Waals surface area contributed by atoms with E-state index < -0.39 is 0 Å². The summed E-state index contributed by atoms with van der Waals surface area (Å²) >= 11 is 1.91. The third kappa shape index (κ3) is 4.54. The topological polar surface area (TPSA) is 15.3 Å². The van der Waals surface area contributed by atoms with Crippen LogP contribution in [0.5, 0.6) is 0 Å². The van der Waals surface area contributed by atoms with Crippen LogP contribution in [0.4, 0.5) is 5.69 Å². The second-order valence-corrected chi connectivity index (χ2v) is 5.85. The van der Waals surface area contributed by atoms with Crippen LogP contribution in [0, 0.1) is 0 Å². The minimum absolute atomic E-state index is 0.415. The molecule has 0 aliphatic rings. The van der Waals surface area contributed by atoms with Gasteiger partial charge in [-0.3, -0.25) is 0 Å². The van der Waals surface area contributed by atoms with Crippen LogP contribution in [0.15, 0.2) is 24.3 Å². The summed E-state index contributed by atoms with van der Waals surface area (Å²) in [5.74, 6) is 1.18. The summed E-state index contributed by atoms with van der Waals surface area (Å²) in [5, 5.41) is 3.70. The standard InChI is InChI=1S/C15H26N2S/c1-6-14(11-18-5)16-12(2)13-7-9-15(10-8-13)17(3)4/h7-10,12,14,16H,6,11H2,1-5H3. The first-order valence-electron chi connectivity index (χ1n) is 6.60. The van der Waals surface area contributed by atoms with Crippen LogP contribution in [0.3, 0.4) is 0 Å². The SMILES string of the molecule is CCC(CSC)NC(C)c1ccc(N(C)C)cc1. The van der Waals surface area contributed by atoms with Crippen LogP contribution in [-0.2, 0) is 0 Å². The quantitative estimate of drug-likeness (QED) is 0.812. The van der Waals surface area contributed by atoms with E-state index >= 15 is 0 Å². The second kappa shape index (κ2) is 7.70. The fourth-order valence-corrected chi connectivity index (χ4v) is 2.73. The minimum atomic E-state index is 0.415. The molecular formula is C15H26N2S. The fourth-order valence-electron chi connectivity index (χ4n) is 2.00. The van der Waals surface area contributed by atoms with E-state index in [1.54, 1.807) is 0 Å². The third-order valence-corrected chi connectivity index (χ3v) is 3.99. The van der Waals surface area contributed by atoms with E-state index in [-0.39, 0.29) is 0 Å². The zero-order valence-electron chi connectivity index (χ0n) is 12.2. The van der Waals surface area contributed by atoms with Gasteiger partial charge in [0.05, 0.1) is 0 Å². The van der Waals surface area contributed by atoms with E-state index in [9.17, 15) is 0 Å². The Bertz CT molecular complexity index is 335. The maximum absolute atomic E-state index is 3.70. The van der Waals surface area contributed by atoms with Crippen molar-refractivity contribution >= 4 is 17.4 Å². The zero-order valence-corrected chi connectivity index (χ0v) is 13.1. The van der Waals surface area contributed by atoms with Gasteiger partial charge >= 0.3 is 0 Å². The van der Waals surface area contributed by atoms with Gasteiger partial charge in [-0.05, 0) is 37.3 Å². The summed E-state index contributed by atoms with van der Waals surface area (Å²) in [7, 11) is 4.14. The van der Waals surface area contributed by atoms with Gasteiger partial charge in [-0.25, -0.2) is 0 Å². The Kier molecular flexibility index (Phi) is 6.58. The maximum Gasteiger partial charge on any atom is 0.0361 e. The lowest BCUT2D eigenvalue weighted by molar-refractivity contribution is 0.475. The largest absolute Gasteiger partial charge is 0.378 e. The lowest BCUT2D eigenvalue weighted by Gasteiger charge is -2.22. The molecule has 1 aromatic rings. The molecule has 0 aromatic heterocycles. The van der Waals surface area contributed by atoms with Gasteiger partial charge in [0.25, 0.3) is 0 Å². The molecule has 0 aliphatic heterocycles. The van der Waals surface area contributed by atoms with Gasteiger partial charge in [0.1, 0.15) is 0 Å². The molecule has 102 valence electrons. The highest BCUT2D eigenvalue weighted by Crippen LogP contribution is 2.18. The molecule has 0 radical (unpaired) electrons. The predicted octanol–water partition coefficient (Wildman–Crippen LogP) is 3.54. The molecule has 1 N–H and O–H groups in total. The summed E-state index contributed by atoms with van der Waals surface area (Å²) < 4.78 is 0. The molecule has 2 nitrogen and oxygen atoms in total. The van der Waals surface area contributed by atoms with Gasteiger partial charge in [-0.1, -0.05) is 19.1 Å². The molecule has 0 amide bonds. The molecule has 0 aliphatic carbocycles. The van der Waals surface area contributed by atoms with Gasteiger partial charge in [0.2, 0.25) is 0 Å².